The maximum Gasteiger partial charge on any atom is 0.143 e. The van der Waals surface area contributed by atoms with Gasteiger partial charge < -0.3 is 5.32 Å². The predicted molar refractivity (Wildman–Crippen MR) is 71.4 cm³/mol. The van der Waals surface area contributed by atoms with Gasteiger partial charge in [-0.15, -0.1) is 0 Å². The van der Waals surface area contributed by atoms with E-state index in [0.717, 1.165) is 16.9 Å². The molecule has 0 bridgehead atoms. The minimum absolute atomic E-state index is 0.433. The molecule has 1 aromatic heterocycles. The van der Waals surface area contributed by atoms with E-state index >= 15 is 0 Å². The molecule has 1 heterocycles. The van der Waals surface area contributed by atoms with Crippen molar-refractivity contribution in [3.63, 3.8) is 0 Å². The van der Waals surface area contributed by atoms with Crippen LogP contribution in [0.15, 0.2) is 30.5 Å². The number of nitriles is 1. The summed E-state index contributed by atoms with van der Waals surface area (Å²) >= 11 is 5.91. The summed E-state index contributed by atoms with van der Waals surface area (Å²) in [5, 5.41) is 17.2. The van der Waals surface area contributed by atoms with E-state index in [4.69, 9.17) is 11.6 Å². The quantitative estimate of drug-likeness (QED) is 0.923. The fraction of sp³-hybridized carbons (Fsp3) is 0.231. The van der Waals surface area contributed by atoms with E-state index in [-0.39, 0.29) is 0 Å². The van der Waals surface area contributed by atoms with Crippen molar-refractivity contribution in [3.8, 4) is 6.07 Å². The molecule has 92 valence electrons. The molecule has 2 rings (SSSR count). The number of hydrogen-bond donors (Lipinski definition) is 1. The van der Waals surface area contributed by atoms with Crippen LogP contribution in [0.5, 0.6) is 0 Å². The molecule has 0 amide bonds. The van der Waals surface area contributed by atoms with E-state index in [0.29, 0.717) is 5.02 Å². The molecule has 1 N–H and O–H groups in total. The number of nitrogens with one attached hydrogen (secondary N) is 1. The van der Waals surface area contributed by atoms with E-state index in [9.17, 15) is 5.26 Å². The summed E-state index contributed by atoms with van der Waals surface area (Å²) in [6.07, 6.45) is 1.71. The molecule has 0 fully saturated rings. The van der Waals surface area contributed by atoms with Crippen LogP contribution in [-0.4, -0.2) is 9.78 Å². The normalized spacial score (nSPS) is 11.9. The number of nitrogens with zero attached hydrogens (tertiary/aromatic N) is 3. The molecule has 0 saturated carbocycles. The second-order valence-electron chi connectivity index (χ2n) is 4.03. The molecule has 1 atom stereocenters. The Bertz CT molecular complexity index is 597. The molecule has 0 saturated heterocycles. The molecule has 0 spiro atoms. The summed E-state index contributed by atoms with van der Waals surface area (Å²) in [6.45, 7) is 1.94. The minimum atomic E-state index is -0.433. The van der Waals surface area contributed by atoms with Gasteiger partial charge in [0.05, 0.1) is 12.3 Å². The average Bonchev–Trinajstić information content (AvgIpc) is 2.67. The largest absolute Gasteiger partial charge is 0.366 e. The third-order valence-electron chi connectivity index (χ3n) is 2.85. The first kappa shape index (κ1) is 12.5. The van der Waals surface area contributed by atoms with E-state index in [1.165, 1.54) is 0 Å². The number of anilines is 1. The Morgan fingerprint density at radius 3 is 2.83 bits per heavy atom. The van der Waals surface area contributed by atoms with Crippen LogP contribution in [0.25, 0.3) is 0 Å². The Morgan fingerprint density at radius 2 is 2.28 bits per heavy atom. The molecule has 0 aliphatic carbocycles. The van der Waals surface area contributed by atoms with Crippen LogP contribution in [0.4, 0.5) is 5.69 Å². The zero-order chi connectivity index (χ0) is 13.1. The average molecular weight is 261 g/mol. The lowest BCUT2D eigenvalue weighted by molar-refractivity contribution is 0.737. The molecule has 1 aromatic carbocycles. The second kappa shape index (κ2) is 5.11. The van der Waals surface area contributed by atoms with Crippen molar-refractivity contribution < 1.29 is 0 Å². The lowest BCUT2D eigenvalue weighted by atomic mass is 10.1. The number of benzene rings is 1. The number of rotatable bonds is 3. The van der Waals surface area contributed by atoms with Crippen LogP contribution < -0.4 is 5.32 Å². The van der Waals surface area contributed by atoms with Gasteiger partial charge in [-0.2, -0.15) is 10.4 Å². The third-order valence-corrected chi connectivity index (χ3v) is 3.08. The Morgan fingerprint density at radius 1 is 1.50 bits per heavy atom. The van der Waals surface area contributed by atoms with Crippen molar-refractivity contribution in [2.24, 2.45) is 7.05 Å². The maximum absolute atomic E-state index is 9.26. The second-order valence-corrected chi connectivity index (χ2v) is 4.46. The summed E-state index contributed by atoms with van der Waals surface area (Å²) in [7, 11) is 1.85. The highest BCUT2D eigenvalue weighted by Gasteiger charge is 2.15. The Balaban J connectivity index is 2.26. The molecular weight excluding hydrogens is 248 g/mol. The van der Waals surface area contributed by atoms with Crippen LogP contribution in [0, 0.1) is 18.3 Å². The van der Waals surface area contributed by atoms with Crippen LogP contribution in [0.3, 0.4) is 0 Å². The summed E-state index contributed by atoms with van der Waals surface area (Å²) in [5.41, 5.74) is 2.66. The highest BCUT2D eigenvalue weighted by atomic mass is 35.5. The number of halogens is 1. The lowest BCUT2D eigenvalue weighted by Crippen LogP contribution is -2.09. The van der Waals surface area contributed by atoms with Gasteiger partial charge in [0.1, 0.15) is 6.04 Å². The summed E-state index contributed by atoms with van der Waals surface area (Å²) in [4.78, 5) is 0. The summed E-state index contributed by atoms with van der Waals surface area (Å²) in [5.74, 6) is 0. The lowest BCUT2D eigenvalue weighted by Gasteiger charge is -2.12. The number of hydrogen-bond acceptors (Lipinski definition) is 3. The Labute approximate surface area is 111 Å². The minimum Gasteiger partial charge on any atom is -0.366 e. The third kappa shape index (κ3) is 2.47. The van der Waals surface area contributed by atoms with Crippen molar-refractivity contribution in [2.45, 2.75) is 13.0 Å². The van der Waals surface area contributed by atoms with Gasteiger partial charge in [-0.1, -0.05) is 17.7 Å². The monoisotopic (exact) mass is 260 g/mol. The van der Waals surface area contributed by atoms with Crippen molar-refractivity contribution in [1.29, 1.82) is 5.26 Å². The van der Waals surface area contributed by atoms with Crippen molar-refractivity contribution in [1.82, 2.24) is 9.78 Å². The van der Waals surface area contributed by atoms with E-state index in [2.05, 4.69) is 16.5 Å². The van der Waals surface area contributed by atoms with Gasteiger partial charge in [-0.3, -0.25) is 4.68 Å². The van der Waals surface area contributed by atoms with Crippen LogP contribution in [0.1, 0.15) is 17.3 Å². The van der Waals surface area contributed by atoms with Gasteiger partial charge in [-0.05, 0) is 25.1 Å². The molecule has 4 nitrogen and oxygen atoms in total. The molecule has 0 aliphatic rings. The van der Waals surface area contributed by atoms with Gasteiger partial charge in [0.2, 0.25) is 0 Å². The van der Waals surface area contributed by atoms with Gasteiger partial charge in [0, 0.05) is 29.0 Å². The topological polar surface area (TPSA) is 53.6 Å². The summed E-state index contributed by atoms with van der Waals surface area (Å²) in [6, 6.07) is 9.10. The molecule has 0 radical (unpaired) electrons. The molecule has 18 heavy (non-hydrogen) atoms. The predicted octanol–water partition coefficient (Wildman–Crippen LogP) is 3.06. The van der Waals surface area contributed by atoms with Crippen molar-refractivity contribution in [2.75, 3.05) is 5.32 Å². The fourth-order valence-corrected chi connectivity index (χ4v) is 1.91. The van der Waals surface area contributed by atoms with Crippen molar-refractivity contribution >= 4 is 17.3 Å². The first-order valence-electron chi connectivity index (χ1n) is 5.52. The van der Waals surface area contributed by atoms with Gasteiger partial charge in [0.25, 0.3) is 0 Å². The van der Waals surface area contributed by atoms with Crippen LogP contribution in [-0.2, 0) is 7.05 Å². The first-order valence-corrected chi connectivity index (χ1v) is 5.90. The van der Waals surface area contributed by atoms with E-state index in [1.807, 2.05) is 26.1 Å². The number of aromatic nitrogens is 2. The maximum atomic E-state index is 9.26. The molecule has 0 aliphatic heterocycles. The Hall–Kier alpha value is -1.99. The summed E-state index contributed by atoms with van der Waals surface area (Å²) < 4.78 is 1.75. The van der Waals surface area contributed by atoms with E-state index < -0.39 is 6.04 Å². The zero-order valence-corrected chi connectivity index (χ0v) is 10.9. The SMILES string of the molecule is Cc1c(C(C#N)Nc2cccc(Cl)c2)cnn1C. The standard InChI is InChI=1S/C13H13ClN4/c1-9-12(8-16-18(9)2)13(7-15)17-11-5-3-4-10(14)6-11/h3-6,8,13,17H,1-2H3. The van der Waals surface area contributed by atoms with Gasteiger partial charge in [-0.25, -0.2) is 0 Å². The highest BCUT2D eigenvalue weighted by molar-refractivity contribution is 6.30. The molecular formula is C13H13ClN4. The highest BCUT2D eigenvalue weighted by Crippen LogP contribution is 2.23. The van der Waals surface area contributed by atoms with Crippen LogP contribution in [0.2, 0.25) is 5.02 Å². The smallest absolute Gasteiger partial charge is 0.143 e. The van der Waals surface area contributed by atoms with Crippen LogP contribution >= 0.6 is 11.6 Å². The Kier molecular flexibility index (Phi) is 3.54. The number of aryl methyl sites for hydroxylation is 1. The molecule has 2 aromatic rings. The van der Waals surface area contributed by atoms with Crippen molar-refractivity contribution in [3.05, 3.63) is 46.7 Å². The fourth-order valence-electron chi connectivity index (χ4n) is 1.72. The first-order chi connectivity index (χ1) is 8.61. The van der Waals surface area contributed by atoms with Gasteiger partial charge in [0.15, 0.2) is 0 Å². The zero-order valence-electron chi connectivity index (χ0n) is 10.2. The van der Waals surface area contributed by atoms with E-state index in [1.54, 1.807) is 23.0 Å². The van der Waals surface area contributed by atoms with Gasteiger partial charge >= 0.3 is 0 Å². The molecule has 5 heteroatoms. The molecule has 1 unspecified atom stereocenters.